The van der Waals surface area contributed by atoms with Crippen LogP contribution >= 0.6 is 43.2 Å². The highest BCUT2D eigenvalue weighted by atomic mass is 79.9. The molecule has 0 saturated heterocycles. The average Bonchev–Trinajstić information content (AvgIpc) is 2.66. The highest BCUT2D eigenvalue weighted by Crippen LogP contribution is 2.39. The molecule has 1 N–H and O–H groups in total. The van der Waals surface area contributed by atoms with Gasteiger partial charge in [-0.25, -0.2) is 0 Å². The molecule has 0 radical (unpaired) electrons. The Balaban J connectivity index is 2.25. The molecule has 106 valence electrons. The van der Waals surface area contributed by atoms with Gasteiger partial charge in [0.2, 0.25) is 0 Å². The second-order valence-electron chi connectivity index (χ2n) is 5.00. The number of likely N-dealkylation sites (N-methyl/N-ethyl adjacent to an activating group) is 1. The topological polar surface area (TPSA) is 12.0 Å². The average molecular weight is 407 g/mol. The van der Waals surface area contributed by atoms with E-state index in [4.69, 9.17) is 0 Å². The fraction of sp³-hybridized carbons (Fsp3) is 0.600. The van der Waals surface area contributed by atoms with E-state index in [0.717, 1.165) is 6.54 Å². The number of thiophene rings is 1. The Morgan fingerprint density at radius 2 is 2.05 bits per heavy atom. The number of halogens is 2. The standard InChI is InChI=1S/C15H21Br2NS/c1-2-18-14(12-10-13(16)19-15(12)17)11-8-6-4-3-5-7-9-11/h8,10,14,18H,2-7,9H2,1H3/b11-8+. The first-order chi connectivity index (χ1) is 9.22. The van der Waals surface area contributed by atoms with Crippen LogP contribution in [0.5, 0.6) is 0 Å². The first-order valence-corrected chi connectivity index (χ1v) is 9.49. The molecule has 1 atom stereocenters. The zero-order chi connectivity index (χ0) is 13.7. The molecule has 0 bridgehead atoms. The van der Waals surface area contributed by atoms with Crippen LogP contribution in [0.4, 0.5) is 0 Å². The molecule has 1 unspecified atom stereocenters. The van der Waals surface area contributed by atoms with Crippen LogP contribution in [0.1, 0.15) is 57.1 Å². The van der Waals surface area contributed by atoms with Crippen molar-refractivity contribution in [1.82, 2.24) is 5.32 Å². The van der Waals surface area contributed by atoms with E-state index in [1.54, 1.807) is 16.9 Å². The third-order valence-corrected chi connectivity index (χ3v) is 5.98. The lowest BCUT2D eigenvalue weighted by Crippen LogP contribution is -2.23. The lowest BCUT2D eigenvalue weighted by molar-refractivity contribution is 0.554. The molecule has 0 amide bonds. The van der Waals surface area contributed by atoms with Crippen molar-refractivity contribution >= 4 is 43.2 Å². The van der Waals surface area contributed by atoms with E-state index in [1.165, 1.54) is 51.7 Å². The Kier molecular flexibility index (Phi) is 6.60. The lowest BCUT2D eigenvalue weighted by atomic mass is 9.92. The molecule has 1 aromatic rings. The number of rotatable bonds is 4. The van der Waals surface area contributed by atoms with Crippen LogP contribution < -0.4 is 5.32 Å². The van der Waals surface area contributed by atoms with Gasteiger partial charge in [0.15, 0.2) is 0 Å². The molecule has 0 fully saturated rings. The summed E-state index contributed by atoms with van der Waals surface area (Å²) >= 11 is 9.07. The molecule has 2 rings (SSSR count). The summed E-state index contributed by atoms with van der Waals surface area (Å²) in [5.41, 5.74) is 2.96. The number of hydrogen-bond donors (Lipinski definition) is 1. The third-order valence-electron chi connectivity index (χ3n) is 3.60. The number of hydrogen-bond acceptors (Lipinski definition) is 2. The fourth-order valence-electron chi connectivity index (χ4n) is 2.67. The maximum atomic E-state index is 3.71. The van der Waals surface area contributed by atoms with Gasteiger partial charge in [-0.3, -0.25) is 0 Å². The van der Waals surface area contributed by atoms with E-state index in [0.29, 0.717) is 6.04 Å². The van der Waals surface area contributed by atoms with Crippen molar-refractivity contribution in [1.29, 1.82) is 0 Å². The molecule has 0 spiro atoms. The van der Waals surface area contributed by atoms with Crippen LogP contribution in [-0.2, 0) is 0 Å². The minimum atomic E-state index is 0.375. The van der Waals surface area contributed by atoms with Crippen LogP contribution in [0.25, 0.3) is 0 Å². The SMILES string of the molecule is CCNC(/C1=C/CCCCCC1)c1cc(Br)sc1Br. The van der Waals surface area contributed by atoms with Crippen LogP contribution in [0.2, 0.25) is 0 Å². The number of allylic oxidation sites excluding steroid dienone is 1. The second kappa shape index (κ2) is 7.96. The van der Waals surface area contributed by atoms with Gasteiger partial charge in [0, 0.05) is 0 Å². The zero-order valence-electron chi connectivity index (χ0n) is 11.3. The van der Waals surface area contributed by atoms with Crippen molar-refractivity contribution in [3.05, 3.63) is 30.9 Å². The summed E-state index contributed by atoms with van der Waals surface area (Å²) < 4.78 is 2.44. The summed E-state index contributed by atoms with van der Waals surface area (Å²) in [5.74, 6) is 0. The molecule has 0 aromatic carbocycles. The Morgan fingerprint density at radius 1 is 1.26 bits per heavy atom. The fourth-order valence-corrected chi connectivity index (χ4v) is 5.58. The molecular weight excluding hydrogens is 386 g/mol. The van der Waals surface area contributed by atoms with Gasteiger partial charge in [0.25, 0.3) is 0 Å². The van der Waals surface area contributed by atoms with E-state index >= 15 is 0 Å². The molecular formula is C15H21Br2NS. The molecule has 19 heavy (non-hydrogen) atoms. The molecule has 4 heteroatoms. The minimum Gasteiger partial charge on any atom is -0.307 e. The van der Waals surface area contributed by atoms with Gasteiger partial charge >= 0.3 is 0 Å². The van der Waals surface area contributed by atoms with Crippen molar-refractivity contribution in [2.24, 2.45) is 0 Å². The Labute approximate surface area is 137 Å². The zero-order valence-corrected chi connectivity index (χ0v) is 15.3. The third kappa shape index (κ3) is 4.42. The Bertz CT molecular complexity index is 439. The van der Waals surface area contributed by atoms with Gasteiger partial charge in [-0.1, -0.05) is 31.4 Å². The lowest BCUT2D eigenvalue weighted by Gasteiger charge is -2.23. The van der Waals surface area contributed by atoms with Crippen LogP contribution in [0.15, 0.2) is 25.3 Å². The van der Waals surface area contributed by atoms with Crippen molar-refractivity contribution in [2.75, 3.05) is 6.54 Å². The van der Waals surface area contributed by atoms with Gasteiger partial charge in [-0.05, 0) is 75.7 Å². The smallest absolute Gasteiger partial charge is 0.0761 e. The van der Waals surface area contributed by atoms with E-state index < -0.39 is 0 Å². The summed E-state index contributed by atoms with van der Waals surface area (Å²) in [7, 11) is 0. The van der Waals surface area contributed by atoms with Crippen molar-refractivity contribution in [3.8, 4) is 0 Å². The quantitative estimate of drug-likeness (QED) is 0.586. The highest BCUT2D eigenvalue weighted by Gasteiger charge is 2.20. The molecule has 1 aliphatic carbocycles. The predicted molar refractivity (Wildman–Crippen MR) is 91.9 cm³/mol. The minimum absolute atomic E-state index is 0.375. The van der Waals surface area contributed by atoms with Gasteiger partial charge < -0.3 is 5.32 Å². The van der Waals surface area contributed by atoms with E-state index in [1.807, 2.05) is 0 Å². The Hall–Kier alpha value is 0.360. The summed E-state index contributed by atoms with van der Waals surface area (Å²) in [6, 6.07) is 2.63. The van der Waals surface area contributed by atoms with Crippen LogP contribution in [-0.4, -0.2) is 6.54 Å². The van der Waals surface area contributed by atoms with Crippen molar-refractivity contribution in [2.45, 2.75) is 51.5 Å². The maximum absolute atomic E-state index is 3.71. The van der Waals surface area contributed by atoms with Crippen molar-refractivity contribution < 1.29 is 0 Å². The van der Waals surface area contributed by atoms with Gasteiger partial charge in [0.1, 0.15) is 0 Å². The highest BCUT2D eigenvalue weighted by molar-refractivity contribution is 9.12. The Morgan fingerprint density at radius 3 is 2.74 bits per heavy atom. The predicted octanol–water partition coefficient (Wildman–Crippen LogP) is 6.20. The maximum Gasteiger partial charge on any atom is 0.0761 e. The van der Waals surface area contributed by atoms with Gasteiger partial charge in [0.05, 0.1) is 13.6 Å². The van der Waals surface area contributed by atoms with E-state index in [9.17, 15) is 0 Å². The molecule has 0 saturated carbocycles. The monoisotopic (exact) mass is 405 g/mol. The van der Waals surface area contributed by atoms with E-state index in [-0.39, 0.29) is 0 Å². The largest absolute Gasteiger partial charge is 0.307 e. The molecule has 1 aliphatic rings. The molecule has 1 aromatic heterocycles. The molecule has 0 aliphatic heterocycles. The first kappa shape index (κ1) is 15.7. The normalized spacial score (nSPS) is 21.3. The summed E-state index contributed by atoms with van der Waals surface area (Å²) in [6.07, 6.45) is 10.4. The molecule has 1 nitrogen and oxygen atoms in total. The van der Waals surface area contributed by atoms with Gasteiger partial charge in [-0.15, -0.1) is 11.3 Å². The van der Waals surface area contributed by atoms with E-state index in [2.05, 4.69) is 56.2 Å². The number of nitrogens with one attached hydrogen (secondary N) is 1. The van der Waals surface area contributed by atoms with Crippen LogP contribution in [0, 0.1) is 0 Å². The molecule has 1 heterocycles. The first-order valence-electron chi connectivity index (χ1n) is 7.09. The summed E-state index contributed by atoms with van der Waals surface area (Å²) in [6.45, 7) is 3.19. The van der Waals surface area contributed by atoms with Crippen LogP contribution in [0.3, 0.4) is 0 Å². The summed E-state index contributed by atoms with van der Waals surface area (Å²) in [5, 5.41) is 3.66. The summed E-state index contributed by atoms with van der Waals surface area (Å²) in [4.78, 5) is 0. The van der Waals surface area contributed by atoms with Gasteiger partial charge in [-0.2, -0.15) is 0 Å². The second-order valence-corrected chi connectivity index (χ2v) is 8.75. The van der Waals surface area contributed by atoms with Crippen molar-refractivity contribution in [3.63, 3.8) is 0 Å².